The molecule has 0 spiro atoms. The highest BCUT2D eigenvalue weighted by molar-refractivity contribution is 5.96. The maximum absolute atomic E-state index is 7.50. The van der Waals surface area contributed by atoms with Crippen molar-refractivity contribution in [3.8, 4) is 17.4 Å². The normalized spacial score (nSPS) is 10.1. The Bertz CT molecular complexity index is 628. The molecule has 0 aliphatic rings. The van der Waals surface area contributed by atoms with Crippen LogP contribution in [-0.4, -0.2) is 23.1 Å². The van der Waals surface area contributed by atoms with Crippen molar-refractivity contribution in [1.82, 2.24) is 10.2 Å². The fourth-order valence-corrected chi connectivity index (χ4v) is 1.72. The van der Waals surface area contributed by atoms with Crippen molar-refractivity contribution in [1.29, 1.82) is 5.41 Å². The molecule has 1 aromatic heterocycles. The first-order chi connectivity index (χ1) is 9.65. The zero-order valence-corrected chi connectivity index (χ0v) is 11.4. The molecule has 6 nitrogen and oxygen atoms in total. The number of rotatable bonds is 5. The van der Waals surface area contributed by atoms with Crippen LogP contribution < -0.4 is 15.2 Å². The fourth-order valence-electron chi connectivity index (χ4n) is 1.72. The molecule has 0 amide bonds. The first kappa shape index (κ1) is 13.8. The molecular formula is C14H16N4O2. The lowest BCUT2D eigenvalue weighted by molar-refractivity contribution is 0.371. The van der Waals surface area contributed by atoms with Crippen molar-refractivity contribution in [2.75, 3.05) is 7.11 Å². The Kier molecular flexibility index (Phi) is 4.14. The number of aromatic nitrogens is 2. The van der Waals surface area contributed by atoms with E-state index in [1.807, 2.05) is 12.1 Å². The van der Waals surface area contributed by atoms with Gasteiger partial charge in [0.1, 0.15) is 5.84 Å². The first-order valence-electron chi connectivity index (χ1n) is 6.16. The predicted molar refractivity (Wildman–Crippen MR) is 75.5 cm³/mol. The molecule has 0 aliphatic carbocycles. The van der Waals surface area contributed by atoms with Crippen LogP contribution in [-0.2, 0) is 6.42 Å². The lowest BCUT2D eigenvalue weighted by Crippen LogP contribution is -2.13. The molecule has 0 unspecified atom stereocenters. The largest absolute Gasteiger partial charge is 0.493 e. The highest BCUT2D eigenvalue weighted by Gasteiger charge is 2.12. The van der Waals surface area contributed by atoms with Crippen molar-refractivity contribution in [2.24, 2.45) is 5.73 Å². The lowest BCUT2D eigenvalue weighted by Gasteiger charge is -2.12. The molecule has 2 aromatic rings. The van der Waals surface area contributed by atoms with Gasteiger partial charge in [0.15, 0.2) is 11.5 Å². The number of ether oxygens (including phenoxy) is 2. The van der Waals surface area contributed by atoms with Crippen LogP contribution in [0, 0.1) is 5.41 Å². The molecular weight excluding hydrogens is 256 g/mol. The Morgan fingerprint density at radius 3 is 2.75 bits per heavy atom. The summed E-state index contributed by atoms with van der Waals surface area (Å²) in [7, 11) is 1.57. The zero-order valence-electron chi connectivity index (χ0n) is 11.4. The second kappa shape index (κ2) is 6.01. The van der Waals surface area contributed by atoms with E-state index >= 15 is 0 Å². The van der Waals surface area contributed by atoms with Gasteiger partial charge >= 0.3 is 0 Å². The minimum atomic E-state index is -0.126. The monoisotopic (exact) mass is 272 g/mol. The Morgan fingerprint density at radius 1 is 1.30 bits per heavy atom. The van der Waals surface area contributed by atoms with Gasteiger partial charge in [0.05, 0.1) is 18.9 Å². The van der Waals surface area contributed by atoms with Gasteiger partial charge in [0, 0.05) is 0 Å². The molecule has 0 atom stereocenters. The van der Waals surface area contributed by atoms with Gasteiger partial charge in [-0.25, -0.2) is 0 Å². The summed E-state index contributed by atoms with van der Waals surface area (Å²) in [6.07, 6.45) is 2.36. The fraction of sp³-hybridized carbons (Fsp3) is 0.214. The number of hydrogen-bond donors (Lipinski definition) is 2. The van der Waals surface area contributed by atoms with Crippen molar-refractivity contribution in [3.63, 3.8) is 0 Å². The number of nitrogens with zero attached hydrogens (tertiary/aromatic N) is 2. The Morgan fingerprint density at radius 2 is 2.10 bits per heavy atom. The number of nitrogen functional groups attached to an aromatic ring is 1. The van der Waals surface area contributed by atoms with E-state index in [4.69, 9.17) is 20.6 Å². The zero-order chi connectivity index (χ0) is 14.5. The van der Waals surface area contributed by atoms with E-state index in [2.05, 4.69) is 17.1 Å². The average molecular weight is 272 g/mol. The summed E-state index contributed by atoms with van der Waals surface area (Å²) in [5.74, 6) is 1.17. The molecule has 104 valence electrons. The van der Waals surface area contributed by atoms with Gasteiger partial charge in [0.25, 0.3) is 0 Å². The van der Waals surface area contributed by atoms with Crippen LogP contribution in [0.1, 0.15) is 18.1 Å². The molecule has 0 aliphatic heterocycles. The van der Waals surface area contributed by atoms with Gasteiger partial charge in [-0.15, -0.1) is 5.10 Å². The molecule has 0 bridgehead atoms. The SMILES string of the molecule is CCc1ccc(Oc2nnccc2C(=N)N)c(OC)c1. The van der Waals surface area contributed by atoms with E-state index in [1.165, 1.54) is 6.20 Å². The van der Waals surface area contributed by atoms with Gasteiger partial charge in [-0.05, 0) is 30.2 Å². The topological polar surface area (TPSA) is 94.1 Å². The summed E-state index contributed by atoms with van der Waals surface area (Å²) in [5, 5.41) is 15.1. The van der Waals surface area contributed by atoms with Gasteiger partial charge < -0.3 is 15.2 Å². The van der Waals surface area contributed by atoms with Gasteiger partial charge in [-0.3, -0.25) is 5.41 Å². The molecule has 0 saturated carbocycles. The summed E-state index contributed by atoms with van der Waals surface area (Å²) < 4.78 is 11.0. The van der Waals surface area contributed by atoms with Crippen molar-refractivity contribution in [2.45, 2.75) is 13.3 Å². The quantitative estimate of drug-likeness (QED) is 0.642. The average Bonchev–Trinajstić information content (AvgIpc) is 2.48. The summed E-state index contributed by atoms with van der Waals surface area (Å²) in [6, 6.07) is 7.23. The summed E-state index contributed by atoms with van der Waals surface area (Å²) in [4.78, 5) is 0. The third-order valence-corrected chi connectivity index (χ3v) is 2.82. The maximum atomic E-state index is 7.50. The molecule has 2 rings (SSSR count). The van der Waals surface area contributed by atoms with E-state index in [9.17, 15) is 0 Å². The molecule has 6 heteroatoms. The molecule has 1 aromatic carbocycles. The Balaban J connectivity index is 2.37. The van der Waals surface area contributed by atoms with Crippen molar-refractivity contribution in [3.05, 3.63) is 41.6 Å². The van der Waals surface area contributed by atoms with Gasteiger partial charge in [-0.2, -0.15) is 5.10 Å². The van der Waals surface area contributed by atoms with Crippen LogP contribution in [0.4, 0.5) is 0 Å². The molecule has 1 heterocycles. The minimum absolute atomic E-state index is 0.126. The summed E-state index contributed by atoms with van der Waals surface area (Å²) in [5.41, 5.74) is 7.02. The first-order valence-corrected chi connectivity index (χ1v) is 6.16. The molecule has 3 N–H and O–H groups in total. The number of hydrogen-bond acceptors (Lipinski definition) is 5. The third-order valence-electron chi connectivity index (χ3n) is 2.82. The smallest absolute Gasteiger partial charge is 0.250 e. The lowest BCUT2D eigenvalue weighted by atomic mass is 10.1. The van der Waals surface area contributed by atoms with E-state index in [0.717, 1.165) is 12.0 Å². The molecule has 0 radical (unpaired) electrons. The highest BCUT2D eigenvalue weighted by atomic mass is 16.5. The van der Waals surface area contributed by atoms with Crippen LogP contribution in [0.2, 0.25) is 0 Å². The van der Waals surface area contributed by atoms with Crippen molar-refractivity contribution < 1.29 is 9.47 Å². The number of benzene rings is 1. The van der Waals surface area contributed by atoms with Crippen LogP contribution in [0.3, 0.4) is 0 Å². The summed E-state index contributed by atoms with van der Waals surface area (Å²) >= 11 is 0. The summed E-state index contributed by atoms with van der Waals surface area (Å²) in [6.45, 7) is 2.06. The van der Waals surface area contributed by atoms with Crippen molar-refractivity contribution >= 4 is 5.84 Å². The van der Waals surface area contributed by atoms with E-state index in [1.54, 1.807) is 19.2 Å². The molecule has 0 fully saturated rings. The number of aryl methyl sites for hydroxylation is 1. The minimum Gasteiger partial charge on any atom is -0.493 e. The number of amidine groups is 1. The van der Waals surface area contributed by atoms with Crippen LogP contribution in [0.5, 0.6) is 17.4 Å². The van der Waals surface area contributed by atoms with E-state index in [0.29, 0.717) is 17.1 Å². The van der Waals surface area contributed by atoms with Crippen LogP contribution in [0.15, 0.2) is 30.5 Å². The van der Waals surface area contributed by atoms with Crippen LogP contribution in [0.25, 0.3) is 0 Å². The van der Waals surface area contributed by atoms with E-state index in [-0.39, 0.29) is 11.7 Å². The number of nitrogens with two attached hydrogens (primary N) is 1. The maximum Gasteiger partial charge on any atom is 0.250 e. The van der Waals surface area contributed by atoms with Gasteiger partial charge in [-0.1, -0.05) is 13.0 Å². The Labute approximate surface area is 117 Å². The highest BCUT2D eigenvalue weighted by Crippen LogP contribution is 2.32. The van der Waals surface area contributed by atoms with Crippen LogP contribution >= 0.6 is 0 Å². The predicted octanol–water partition coefficient (Wildman–Crippen LogP) is 2.12. The van der Waals surface area contributed by atoms with E-state index < -0.39 is 0 Å². The second-order valence-corrected chi connectivity index (χ2v) is 4.10. The van der Waals surface area contributed by atoms with Gasteiger partial charge in [0.2, 0.25) is 5.88 Å². The molecule has 20 heavy (non-hydrogen) atoms. The third kappa shape index (κ3) is 2.85. The number of methoxy groups -OCH3 is 1. The standard InChI is InChI=1S/C14H16N4O2/c1-3-9-4-5-11(12(8-9)19-2)20-14-10(13(15)16)6-7-17-18-14/h4-8H,3H2,1-2H3,(H3,15,16). The molecule has 0 saturated heterocycles. The Hall–Kier alpha value is -2.63. The second-order valence-electron chi connectivity index (χ2n) is 4.10. The number of nitrogens with one attached hydrogen (secondary N) is 1.